The third-order valence-electron chi connectivity index (χ3n) is 6.56. The second-order valence-corrected chi connectivity index (χ2v) is 9.61. The van der Waals surface area contributed by atoms with Gasteiger partial charge in [-0.3, -0.25) is 9.89 Å². The number of nitrogens with one attached hydrogen (secondary N) is 2. The highest BCUT2D eigenvalue weighted by atomic mass is 16.5. The minimum Gasteiger partial charge on any atom is -0.492 e. The van der Waals surface area contributed by atoms with Gasteiger partial charge in [0, 0.05) is 28.4 Å². The van der Waals surface area contributed by atoms with E-state index < -0.39 is 0 Å². The molecule has 5 rings (SSSR count). The highest BCUT2D eigenvalue weighted by Gasteiger charge is 2.18. The summed E-state index contributed by atoms with van der Waals surface area (Å²) in [5.41, 5.74) is 6.19. The molecule has 2 heterocycles. The standard InChI is InChI=1S/C30H31N5O2/c1-19-9-12-23(37-14-13-35(3)4)16-25(19)30(36)32-20(2)26-17-28(33-27-8-6-5-7-24(26)27)21-10-11-22-18-31-34-29(22)15-21/h5-12,15-18,20H,13-14H2,1-4H3,(H,31,34)(H,32,36)/t20-/m1/s1. The summed E-state index contributed by atoms with van der Waals surface area (Å²) in [7, 11) is 4.01. The lowest BCUT2D eigenvalue weighted by molar-refractivity contribution is 0.0939. The number of rotatable bonds is 8. The van der Waals surface area contributed by atoms with E-state index in [-0.39, 0.29) is 11.9 Å². The monoisotopic (exact) mass is 493 g/mol. The molecule has 0 bridgehead atoms. The van der Waals surface area contributed by atoms with Crippen molar-refractivity contribution < 1.29 is 9.53 Å². The van der Waals surface area contributed by atoms with Crippen molar-refractivity contribution in [3.05, 3.63) is 89.6 Å². The lowest BCUT2D eigenvalue weighted by Crippen LogP contribution is -2.27. The maximum atomic E-state index is 13.4. The van der Waals surface area contributed by atoms with E-state index in [1.54, 1.807) is 6.20 Å². The Kier molecular flexibility index (Phi) is 6.88. The molecule has 5 aromatic rings. The van der Waals surface area contributed by atoms with Crippen LogP contribution < -0.4 is 10.1 Å². The van der Waals surface area contributed by atoms with Crippen molar-refractivity contribution in [2.24, 2.45) is 0 Å². The minimum absolute atomic E-state index is 0.135. The zero-order valence-electron chi connectivity index (χ0n) is 21.6. The van der Waals surface area contributed by atoms with Crippen LogP contribution in [0.15, 0.2) is 72.9 Å². The summed E-state index contributed by atoms with van der Waals surface area (Å²) < 4.78 is 5.86. The van der Waals surface area contributed by atoms with Crippen molar-refractivity contribution in [2.75, 3.05) is 27.2 Å². The van der Waals surface area contributed by atoms with Crippen LogP contribution in [0.4, 0.5) is 0 Å². The Morgan fingerprint density at radius 2 is 1.92 bits per heavy atom. The number of pyridine rings is 1. The van der Waals surface area contributed by atoms with E-state index >= 15 is 0 Å². The largest absolute Gasteiger partial charge is 0.492 e. The van der Waals surface area contributed by atoms with Crippen molar-refractivity contribution >= 4 is 27.7 Å². The number of para-hydroxylation sites is 1. The van der Waals surface area contributed by atoms with Crippen LogP contribution in [0, 0.1) is 6.92 Å². The maximum absolute atomic E-state index is 13.4. The van der Waals surface area contributed by atoms with E-state index in [4.69, 9.17) is 9.72 Å². The van der Waals surface area contributed by atoms with Crippen LogP contribution in [0.2, 0.25) is 0 Å². The Bertz CT molecular complexity index is 1570. The van der Waals surface area contributed by atoms with Crippen molar-refractivity contribution in [2.45, 2.75) is 19.9 Å². The number of hydrogen-bond donors (Lipinski definition) is 2. The fraction of sp³-hybridized carbons (Fsp3) is 0.233. The van der Waals surface area contributed by atoms with Crippen LogP contribution in [0.1, 0.15) is 34.5 Å². The van der Waals surface area contributed by atoms with Crippen LogP contribution in [-0.2, 0) is 0 Å². The molecule has 1 amide bonds. The summed E-state index contributed by atoms with van der Waals surface area (Å²) in [5, 5.41) is 12.4. The number of fused-ring (bicyclic) bond motifs is 2. The topological polar surface area (TPSA) is 83.1 Å². The van der Waals surface area contributed by atoms with Crippen molar-refractivity contribution in [1.29, 1.82) is 0 Å². The number of aromatic nitrogens is 3. The number of nitrogens with zero attached hydrogens (tertiary/aromatic N) is 3. The lowest BCUT2D eigenvalue weighted by atomic mass is 9.98. The zero-order chi connectivity index (χ0) is 25.9. The molecule has 0 radical (unpaired) electrons. The van der Waals surface area contributed by atoms with E-state index in [1.165, 1.54) is 0 Å². The molecule has 0 fully saturated rings. The van der Waals surface area contributed by atoms with Gasteiger partial charge in [0.15, 0.2) is 0 Å². The van der Waals surface area contributed by atoms with Gasteiger partial charge in [0.25, 0.3) is 5.91 Å². The number of amides is 1. The smallest absolute Gasteiger partial charge is 0.252 e. The summed E-state index contributed by atoms with van der Waals surface area (Å²) in [6, 6.07) is 21.6. The molecule has 7 heteroatoms. The predicted molar refractivity (Wildman–Crippen MR) is 148 cm³/mol. The van der Waals surface area contributed by atoms with Crippen molar-refractivity contribution in [3.63, 3.8) is 0 Å². The number of carbonyl (C=O) groups excluding carboxylic acids is 1. The average Bonchev–Trinajstić information content (AvgIpc) is 3.36. The molecular formula is C30H31N5O2. The number of likely N-dealkylation sites (N-methyl/N-ethyl adjacent to an activating group) is 1. The Balaban J connectivity index is 1.44. The molecule has 0 aliphatic heterocycles. The first-order valence-corrected chi connectivity index (χ1v) is 12.4. The number of ether oxygens (including phenoxy) is 1. The van der Waals surface area contributed by atoms with Gasteiger partial charge in [-0.25, -0.2) is 4.98 Å². The minimum atomic E-state index is -0.243. The third-order valence-corrected chi connectivity index (χ3v) is 6.56. The van der Waals surface area contributed by atoms with E-state index in [0.717, 1.165) is 50.7 Å². The van der Waals surface area contributed by atoms with Gasteiger partial charge in [-0.2, -0.15) is 5.10 Å². The summed E-state index contributed by atoms with van der Waals surface area (Å²) in [6.45, 7) is 5.31. The van der Waals surface area contributed by atoms with Gasteiger partial charge < -0.3 is 15.0 Å². The molecule has 2 aromatic heterocycles. The summed E-state index contributed by atoms with van der Waals surface area (Å²) >= 11 is 0. The number of aryl methyl sites for hydroxylation is 1. The van der Waals surface area contributed by atoms with Gasteiger partial charge in [-0.1, -0.05) is 36.4 Å². The quantitative estimate of drug-likeness (QED) is 0.298. The Hall–Kier alpha value is -4.23. The molecule has 0 aliphatic carbocycles. The van der Waals surface area contributed by atoms with Gasteiger partial charge >= 0.3 is 0 Å². The first-order chi connectivity index (χ1) is 17.9. The second-order valence-electron chi connectivity index (χ2n) is 9.61. The van der Waals surface area contributed by atoms with Gasteiger partial charge in [-0.05, 0) is 69.4 Å². The highest BCUT2D eigenvalue weighted by molar-refractivity contribution is 5.97. The van der Waals surface area contributed by atoms with Gasteiger partial charge in [0.05, 0.1) is 29.0 Å². The third kappa shape index (κ3) is 5.32. The predicted octanol–water partition coefficient (Wildman–Crippen LogP) is 5.52. The van der Waals surface area contributed by atoms with E-state index in [9.17, 15) is 4.79 Å². The molecule has 1 atom stereocenters. The SMILES string of the molecule is Cc1ccc(OCCN(C)C)cc1C(=O)N[C@H](C)c1cc(-c2ccc3cn[nH]c3c2)nc2ccccc12. The highest BCUT2D eigenvalue weighted by Crippen LogP contribution is 2.30. The van der Waals surface area contributed by atoms with Crippen LogP contribution >= 0.6 is 0 Å². The molecule has 37 heavy (non-hydrogen) atoms. The van der Waals surface area contributed by atoms with Crippen LogP contribution in [0.3, 0.4) is 0 Å². The van der Waals surface area contributed by atoms with Crippen LogP contribution in [0.5, 0.6) is 5.75 Å². The molecule has 0 saturated carbocycles. The molecule has 7 nitrogen and oxygen atoms in total. The number of H-pyrrole nitrogens is 1. The Labute approximate surface area is 216 Å². The number of aromatic amines is 1. The first-order valence-electron chi connectivity index (χ1n) is 12.4. The maximum Gasteiger partial charge on any atom is 0.252 e. The molecule has 3 aromatic carbocycles. The molecular weight excluding hydrogens is 462 g/mol. The normalized spacial score (nSPS) is 12.2. The second kappa shape index (κ2) is 10.4. The Morgan fingerprint density at radius 3 is 2.76 bits per heavy atom. The number of hydrogen-bond acceptors (Lipinski definition) is 5. The van der Waals surface area contributed by atoms with Crippen molar-refractivity contribution in [3.8, 4) is 17.0 Å². The summed E-state index contributed by atoms with van der Waals surface area (Å²) in [6.07, 6.45) is 1.81. The molecule has 0 spiro atoms. The van der Waals surface area contributed by atoms with Gasteiger partial charge in [0.1, 0.15) is 12.4 Å². The van der Waals surface area contributed by atoms with E-state index in [0.29, 0.717) is 17.9 Å². The van der Waals surface area contributed by atoms with Crippen LogP contribution in [-0.4, -0.2) is 53.2 Å². The van der Waals surface area contributed by atoms with Gasteiger partial charge in [-0.15, -0.1) is 0 Å². The van der Waals surface area contributed by atoms with Gasteiger partial charge in [0.2, 0.25) is 0 Å². The molecule has 0 unspecified atom stereocenters. The molecule has 0 aliphatic rings. The first kappa shape index (κ1) is 24.5. The Morgan fingerprint density at radius 1 is 1.08 bits per heavy atom. The molecule has 0 saturated heterocycles. The fourth-order valence-corrected chi connectivity index (χ4v) is 4.44. The number of benzene rings is 3. The molecule has 188 valence electrons. The van der Waals surface area contributed by atoms with Crippen molar-refractivity contribution in [1.82, 2.24) is 25.4 Å². The fourth-order valence-electron chi connectivity index (χ4n) is 4.44. The van der Waals surface area contributed by atoms with E-state index in [1.807, 2.05) is 82.5 Å². The lowest BCUT2D eigenvalue weighted by Gasteiger charge is -2.19. The summed E-state index contributed by atoms with van der Waals surface area (Å²) in [5.74, 6) is 0.556. The molecule has 2 N–H and O–H groups in total. The average molecular weight is 494 g/mol. The zero-order valence-corrected chi connectivity index (χ0v) is 21.6. The number of carbonyl (C=O) groups is 1. The summed E-state index contributed by atoms with van der Waals surface area (Å²) in [4.78, 5) is 20.4. The van der Waals surface area contributed by atoms with E-state index in [2.05, 4.69) is 32.5 Å². The van der Waals surface area contributed by atoms with Crippen LogP contribution in [0.25, 0.3) is 33.1 Å².